The van der Waals surface area contributed by atoms with Crippen LogP contribution in [0.25, 0.3) is 0 Å². The van der Waals surface area contributed by atoms with Crippen molar-refractivity contribution >= 4 is 39.1 Å². The number of sulfonamides is 1. The molecule has 3 aromatic carbocycles. The van der Waals surface area contributed by atoms with Gasteiger partial charge in [-0.1, -0.05) is 86.1 Å². The average molecular weight is 574 g/mol. The smallest absolute Gasteiger partial charge is 0.244 e. The molecule has 0 heterocycles. The van der Waals surface area contributed by atoms with E-state index in [1.165, 1.54) is 35.2 Å². The number of benzene rings is 3. The fourth-order valence-corrected chi connectivity index (χ4v) is 5.18. The molecule has 3 aromatic rings. The van der Waals surface area contributed by atoms with Gasteiger partial charge in [-0.2, -0.15) is 0 Å². The van der Waals surface area contributed by atoms with Crippen LogP contribution in [0.4, 0.5) is 10.1 Å². The molecule has 39 heavy (non-hydrogen) atoms. The molecule has 1 N–H and O–H groups in total. The Balaban J connectivity index is 2.06. The fraction of sp³-hybridized carbons (Fsp3) is 0.310. The summed E-state index contributed by atoms with van der Waals surface area (Å²) in [5.41, 5.74) is 1.12. The minimum absolute atomic E-state index is 0.129. The van der Waals surface area contributed by atoms with Gasteiger partial charge in [-0.05, 0) is 29.7 Å². The first-order valence-corrected chi connectivity index (χ1v) is 14.8. The van der Waals surface area contributed by atoms with E-state index in [-0.39, 0.29) is 35.2 Å². The third-order valence-electron chi connectivity index (χ3n) is 6.05. The second kappa shape index (κ2) is 13.6. The standard InChI is InChI=1S/C29H33ClFN3O4S/c1-21(2)18-32-29(36)27(17-22-11-5-4-6-12-22)33(19-23-13-7-9-15-25(23)31)28(35)20-34(39(3,37)38)26-16-10-8-14-24(26)30/h4-16,21,27H,17-20H2,1-3H3,(H,32,36)/t27-/m1/s1. The van der Waals surface area contributed by atoms with E-state index >= 15 is 0 Å². The largest absolute Gasteiger partial charge is 0.354 e. The Labute approximate surface area is 234 Å². The van der Waals surface area contributed by atoms with Crippen molar-refractivity contribution in [2.75, 3.05) is 23.7 Å². The van der Waals surface area contributed by atoms with Crippen LogP contribution in [-0.2, 0) is 32.6 Å². The fourth-order valence-electron chi connectivity index (χ4n) is 4.04. The summed E-state index contributed by atoms with van der Waals surface area (Å²) in [5, 5.41) is 3.03. The highest BCUT2D eigenvalue weighted by Gasteiger charge is 2.33. The lowest BCUT2D eigenvalue weighted by molar-refractivity contribution is -0.140. The van der Waals surface area contributed by atoms with Gasteiger partial charge in [0.05, 0.1) is 17.0 Å². The summed E-state index contributed by atoms with van der Waals surface area (Å²) < 4.78 is 41.2. The van der Waals surface area contributed by atoms with Crippen LogP contribution in [0, 0.1) is 11.7 Å². The predicted octanol–water partition coefficient (Wildman–Crippen LogP) is 4.66. The highest BCUT2D eigenvalue weighted by Crippen LogP contribution is 2.28. The number of rotatable bonds is 12. The number of para-hydroxylation sites is 1. The number of anilines is 1. The molecule has 0 spiro atoms. The van der Waals surface area contributed by atoms with Crippen molar-refractivity contribution in [1.82, 2.24) is 10.2 Å². The van der Waals surface area contributed by atoms with Crippen LogP contribution in [0.3, 0.4) is 0 Å². The molecule has 0 aliphatic carbocycles. The molecule has 0 saturated heterocycles. The van der Waals surface area contributed by atoms with Crippen molar-refractivity contribution in [2.45, 2.75) is 32.9 Å². The van der Waals surface area contributed by atoms with Gasteiger partial charge in [0.15, 0.2) is 0 Å². The first-order valence-electron chi connectivity index (χ1n) is 12.5. The molecule has 0 bridgehead atoms. The highest BCUT2D eigenvalue weighted by atomic mass is 35.5. The van der Waals surface area contributed by atoms with E-state index < -0.39 is 40.2 Å². The number of nitrogens with one attached hydrogen (secondary N) is 1. The van der Waals surface area contributed by atoms with Gasteiger partial charge >= 0.3 is 0 Å². The van der Waals surface area contributed by atoms with Crippen LogP contribution in [0.5, 0.6) is 0 Å². The van der Waals surface area contributed by atoms with Crippen molar-refractivity contribution in [3.05, 3.63) is 101 Å². The molecule has 7 nitrogen and oxygen atoms in total. The summed E-state index contributed by atoms with van der Waals surface area (Å²) in [6, 6.07) is 20.4. The van der Waals surface area contributed by atoms with Gasteiger partial charge in [-0.25, -0.2) is 12.8 Å². The number of nitrogens with zero attached hydrogens (tertiary/aromatic N) is 2. The average Bonchev–Trinajstić information content (AvgIpc) is 2.89. The monoisotopic (exact) mass is 573 g/mol. The summed E-state index contributed by atoms with van der Waals surface area (Å²) in [7, 11) is -3.95. The first kappa shape index (κ1) is 30.1. The van der Waals surface area contributed by atoms with Crippen LogP contribution in [-0.4, -0.2) is 50.5 Å². The topological polar surface area (TPSA) is 86.8 Å². The van der Waals surface area contributed by atoms with E-state index in [2.05, 4.69) is 5.32 Å². The Kier molecular flexibility index (Phi) is 10.5. The van der Waals surface area contributed by atoms with Gasteiger partial charge in [-0.3, -0.25) is 13.9 Å². The maximum absolute atomic E-state index is 14.8. The third-order valence-corrected chi connectivity index (χ3v) is 7.50. The molecule has 0 fully saturated rings. The van der Waals surface area contributed by atoms with Crippen molar-refractivity contribution < 1.29 is 22.4 Å². The van der Waals surface area contributed by atoms with E-state index in [1.54, 1.807) is 18.2 Å². The lowest BCUT2D eigenvalue weighted by atomic mass is 10.0. The zero-order valence-corrected chi connectivity index (χ0v) is 23.8. The summed E-state index contributed by atoms with van der Waals surface area (Å²) >= 11 is 6.29. The second-order valence-electron chi connectivity index (χ2n) is 9.68. The molecular formula is C29H33ClFN3O4S. The second-order valence-corrected chi connectivity index (χ2v) is 12.0. The molecule has 0 aromatic heterocycles. The molecule has 0 unspecified atom stereocenters. The maximum atomic E-state index is 14.8. The van der Waals surface area contributed by atoms with Crippen molar-refractivity contribution in [2.24, 2.45) is 5.92 Å². The molecule has 2 amide bonds. The summed E-state index contributed by atoms with van der Waals surface area (Å²) in [6.07, 6.45) is 1.12. The molecular weight excluding hydrogens is 541 g/mol. The molecule has 0 aliphatic rings. The Hall–Kier alpha value is -3.43. The van der Waals surface area contributed by atoms with E-state index in [0.29, 0.717) is 6.54 Å². The SMILES string of the molecule is CC(C)CNC(=O)[C@@H](Cc1ccccc1)N(Cc1ccccc1F)C(=O)CN(c1ccccc1Cl)S(C)(=O)=O. The van der Waals surface area contributed by atoms with E-state index in [0.717, 1.165) is 16.1 Å². The van der Waals surface area contributed by atoms with Crippen LogP contribution < -0.4 is 9.62 Å². The van der Waals surface area contributed by atoms with Crippen LogP contribution >= 0.6 is 11.6 Å². The minimum atomic E-state index is -3.95. The quantitative estimate of drug-likeness (QED) is 0.341. The van der Waals surface area contributed by atoms with E-state index in [4.69, 9.17) is 11.6 Å². The normalized spacial score (nSPS) is 12.2. The predicted molar refractivity (Wildman–Crippen MR) is 152 cm³/mol. The molecule has 3 rings (SSSR count). The molecule has 1 atom stereocenters. The van der Waals surface area contributed by atoms with Gasteiger partial charge in [0.2, 0.25) is 21.8 Å². The molecule has 0 radical (unpaired) electrons. The summed E-state index contributed by atoms with van der Waals surface area (Å²) in [5.74, 6) is -1.48. The number of amides is 2. The number of carbonyl (C=O) groups excluding carboxylic acids is 2. The summed E-state index contributed by atoms with van der Waals surface area (Å²) in [4.78, 5) is 28.7. The van der Waals surface area contributed by atoms with Crippen molar-refractivity contribution in [1.29, 1.82) is 0 Å². The Morgan fingerprint density at radius 1 is 0.949 bits per heavy atom. The molecule has 10 heteroatoms. The van der Waals surface area contributed by atoms with Crippen LogP contribution in [0.15, 0.2) is 78.9 Å². The minimum Gasteiger partial charge on any atom is -0.354 e. The number of hydrogen-bond donors (Lipinski definition) is 1. The lowest BCUT2D eigenvalue weighted by Crippen LogP contribution is -2.53. The maximum Gasteiger partial charge on any atom is 0.244 e. The molecule has 208 valence electrons. The van der Waals surface area contributed by atoms with E-state index in [9.17, 15) is 22.4 Å². The Bertz CT molecular complexity index is 1390. The zero-order chi connectivity index (χ0) is 28.6. The number of halogens is 2. The van der Waals surface area contributed by atoms with Crippen LogP contribution in [0.2, 0.25) is 5.02 Å². The zero-order valence-electron chi connectivity index (χ0n) is 22.2. The Morgan fingerprint density at radius 2 is 1.56 bits per heavy atom. The van der Waals surface area contributed by atoms with Gasteiger partial charge in [0.25, 0.3) is 0 Å². The highest BCUT2D eigenvalue weighted by molar-refractivity contribution is 7.92. The van der Waals surface area contributed by atoms with Gasteiger partial charge in [0, 0.05) is 25.1 Å². The molecule has 0 saturated carbocycles. The number of carbonyl (C=O) groups is 2. The van der Waals surface area contributed by atoms with Crippen LogP contribution in [0.1, 0.15) is 25.0 Å². The Morgan fingerprint density at radius 3 is 2.18 bits per heavy atom. The van der Waals surface area contributed by atoms with Gasteiger partial charge < -0.3 is 10.2 Å². The lowest BCUT2D eigenvalue weighted by Gasteiger charge is -2.33. The van der Waals surface area contributed by atoms with Crippen molar-refractivity contribution in [3.8, 4) is 0 Å². The van der Waals surface area contributed by atoms with Gasteiger partial charge in [-0.15, -0.1) is 0 Å². The third kappa shape index (κ3) is 8.53. The first-order chi connectivity index (χ1) is 18.5. The summed E-state index contributed by atoms with van der Waals surface area (Å²) in [6.45, 7) is 3.41. The van der Waals surface area contributed by atoms with E-state index in [1.807, 2.05) is 44.2 Å². The van der Waals surface area contributed by atoms with Gasteiger partial charge in [0.1, 0.15) is 18.4 Å². The number of hydrogen-bond acceptors (Lipinski definition) is 4. The van der Waals surface area contributed by atoms with Crippen molar-refractivity contribution in [3.63, 3.8) is 0 Å². The molecule has 0 aliphatic heterocycles.